The average Bonchev–Trinajstić information content (AvgIpc) is 3.13. The quantitative estimate of drug-likeness (QED) is 0.753. The Labute approximate surface area is 161 Å². The summed E-state index contributed by atoms with van der Waals surface area (Å²) in [5.41, 5.74) is 3.67. The lowest BCUT2D eigenvalue weighted by Crippen LogP contribution is -3.08. The molecule has 27 heavy (non-hydrogen) atoms. The normalized spacial score (nSPS) is 15.0. The highest BCUT2D eigenvalue weighted by Crippen LogP contribution is 2.10. The summed E-state index contributed by atoms with van der Waals surface area (Å²) >= 11 is 0. The third-order valence-electron chi connectivity index (χ3n) is 4.95. The van der Waals surface area contributed by atoms with Gasteiger partial charge >= 0.3 is 0 Å². The third-order valence-corrected chi connectivity index (χ3v) is 5.81. The Morgan fingerprint density at radius 1 is 1.00 bits per heavy atom. The molecule has 1 amide bonds. The zero-order chi connectivity index (χ0) is 19.3. The molecule has 2 aromatic carbocycles. The predicted octanol–water partition coefficient (Wildman–Crippen LogP) is 1.34. The average molecular weight is 388 g/mol. The van der Waals surface area contributed by atoms with Crippen LogP contribution in [-0.4, -0.2) is 33.7 Å². The second-order valence-corrected chi connectivity index (χ2v) is 9.49. The molecular formula is C21H27N2O3S+. The van der Waals surface area contributed by atoms with Gasteiger partial charge in [0.15, 0.2) is 9.84 Å². The maximum Gasteiger partial charge on any atom is 0.251 e. The molecule has 0 spiro atoms. The Hall–Kier alpha value is -2.18. The minimum atomic E-state index is -3.07. The molecule has 1 aliphatic heterocycles. The van der Waals surface area contributed by atoms with Crippen molar-refractivity contribution in [2.45, 2.75) is 31.7 Å². The van der Waals surface area contributed by atoms with E-state index in [9.17, 15) is 13.2 Å². The van der Waals surface area contributed by atoms with E-state index in [1.165, 1.54) is 37.8 Å². The van der Waals surface area contributed by atoms with Gasteiger partial charge in [0.05, 0.1) is 18.8 Å². The summed E-state index contributed by atoms with van der Waals surface area (Å²) in [6.07, 6.45) is 3.79. The molecule has 1 fully saturated rings. The first-order valence-corrected chi connectivity index (χ1v) is 11.4. The highest BCUT2D eigenvalue weighted by Gasteiger charge is 2.17. The monoisotopic (exact) mass is 387 g/mol. The van der Waals surface area contributed by atoms with Gasteiger partial charge in [-0.3, -0.25) is 4.79 Å². The van der Waals surface area contributed by atoms with E-state index >= 15 is 0 Å². The number of hydrogen-bond acceptors (Lipinski definition) is 3. The molecule has 0 radical (unpaired) electrons. The summed E-state index contributed by atoms with van der Waals surface area (Å²) in [6.45, 7) is 3.95. The number of nitrogens with one attached hydrogen (secondary N) is 2. The smallest absolute Gasteiger partial charge is 0.251 e. The fourth-order valence-corrected chi connectivity index (χ4v) is 4.35. The van der Waals surface area contributed by atoms with Crippen molar-refractivity contribution in [1.29, 1.82) is 0 Å². The first-order valence-electron chi connectivity index (χ1n) is 9.36. The van der Waals surface area contributed by atoms with Gasteiger partial charge in [-0.05, 0) is 23.3 Å². The Balaban J connectivity index is 1.60. The van der Waals surface area contributed by atoms with Crippen molar-refractivity contribution in [3.05, 3.63) is 70.8 Å². The fourth-order valence-electron chi connectivity index (χ4n) is 3.56. The van der Waals surface area contributed by atoms with Crippen molar-refractivity contribution in [2.24, 2.45) is 0 Å². The molecule has 0 aliphatic carbocycles. The van der Waals surface area contributed by atoms with Crippen LogP contribution in [0.2, 0.25) is 0 Å². The van der Waals surface area contributed by atoms with Crippen LogP contribution in [0, 0.1) is 0 Å². The van der Waals surface area contributed by atoms with Gasteiger partial charge in [-0.25, -0.2) is 8.42 Å². The summed E-state index contributed by atoms with van der Waals surface area (Å²) in [5, 5.41) is 2.98. The van der Waals surface area contributed by atoms with Crippen molar-refractivity contribution < 1.29 is 18.1 Å². The first-order chi connectivity index (χ1) is 12.9. The van der Waals surface area contributed by atoms with Crippen LogP contribution in [0.25, 0.3) is 0 Å². The number of carbonyl (C=O) groups is 1. The minimum absolute atomic E-state index is 0.0128. The van der Waals surface area contributed by atoms with Gasteiger partial charge in [-0.15, -0.1) is 0 Å². The molecule has 2 N–H and O–H groups in total. The second kappa shape index (κ2) is 8.67. The molecule has 0 unspecified atom stereocenters. The molecule has 1 aliphatic rings. The molecule has 144 valence electrons. The Morgan fingerprint density at radius 3 is 2.26 bits per heavy atom. The zero-order valence-electron chi connectivity index (χ0n) is 15.7. The van der Waals surface area contributed by atoms with E-state index in [0.717, 1.165) is 12.1 Å². The number of likely N-dealkylation sites (tertiary alicyclic amines) is 1. The largest absolute Gasteiger partial charge is 0.348 e. The van der Waals surface area contributed by atoms with Crippen molar-refractivity contribution in [3.8, 4) is 0 Å². The van der Waals surface area contributed by atoms with E-state index in [1.807, 2.05) is 6.07 Å². The van der Waals surface area contributed by atoms with E-state index < -0.39 is 9.84 Å². The highest BCUT2D eigenvalue weighted by atomic mass is 32.2. The number of hydrogen-bond donors (Lipinski definition) is 2. The third kappa shape index (κ3) is 5.91. The zero-order valence-corrected chi connectivity index (χ0v) is 16.5. The SMILES string of the molecule is CS(=O)(=O)Cc1ccc(C(=O)NCc2ccccc2C[NH+]2CCCC2)cc1. The highest BCUT2D eigenvalue weighted by molar-refractivity contribution is 7.89. The molecule has 5 nitrogen and oxygen atoms in total. The minimum Gasteiger partial charge on any atom is -0.348 e. The Kier molecular flexibility index (Phi) is 6.29. The summed E-state index contributed by atoms with van der Waals surface area (Å²) in [6, 6.07) is 15.0. The number of benzene rings is 2. The van der Waals surface area contributed by atoms with Crippen LogP contribution < -0.4 is 10.2 Å². The summed E-state index contributed by atoms with van der Waals surface area (Å²) in [4.78, 5) is 14.0. The predicted molar refractivity (Wildman–Crippen MR) is 106 cm³/mol. The molecule has 1 saturated heterocycles. The summed E-state index contributed by atoms with van der Waals surface area (Å²) < 4.78 is 22.7. The lowest BCUT2D eigenvalue weighted by Gasteiger charge is -2.15. The maximum atomic E-state index is 12.4. The van der Waals surface area contributed by atoms with Gasteiger partial charge < -0.3 is 10.2 Å². The van der Waals surface area contributed by atoms with Crippen LogP contribution in [-0.2, 0) is 28.7 Å². The maximum absolute atomic E-state index is 12.4. The standard InChI is InChI=1S/C21H26N2O3S/c1-27(25,26)16-17-8-10-18(11-9-17)21(24)22-14-19-6-2-3-7-20(19)15-23-12-4-5-13-23/h2-3,6-11H,4-5,12-16H2,1H3,(H,22,24)/p+1. The Morgan fingerprint density at radius 2 is 1.63 bits per heavy atom. The summed E-state index contributed by atoms with van der Waals surface area (Å²) in [7, 11) is -3.07. The van der Waals surface area contributed by atoms with Gasteiger partial charge in [-0.1, -0.05) is 36.4 Å². The fraction of sp³-hybridized carbons (Fsp3) is 0.381. The van der Waals surface area contributed by atoms with Crippen LogP contribution in [0.3, 0.4) is 0 Å². The number of amides is 1. The Bertz CT molecular complexity index is 886. The molecule has 0 bridgehead atoms. The molecule has 2 aromatic rings. The van der Waals surface area contributed by atoms with Crippen LogP contribution in [0.4, 0.5) is 0 Å². The molecule has 6 heteroatoms. The van der Waals surface area contributed by atoms with Crippen molar-refractivity contribution >= 4 is 15.7 Å². The number of quaternary nitrogens is 1. The molecule has 3 rings (SSSR count). The van der Waals surface area contributed by atoms with Gasteiger partial charge in [0, 0.05) is 36.8 Å². The van der Waals surface area contributed by atoms with E-state index in [2.05, 4.69) is 23.5 Å². The molecule has 0 atom stereocenters. The molecular weight excluding hydrogens is 360 g/mol. The molecule has 0 saturated carbocycles. The van der Waals surface area contributed by atoms with Crippen molar-refractivity contribution in [3.63, 3.8) is 0 Å². The van der Waals surface area contributed by atoms with E-state index in [-0.39, 0.29) is 11.7 Å². The van der Waals surface area contributed by atoms with Crippen LogP contribution in [0.5, 0.6) is 0 Å². The van der Waals surface area contributed by atoms with E-state index in [1.54, 1.807) is 29.2 Å². The van der Waals surface area contributed by atoms with Gasteiger partial charge in [0.1, 0.15) is 6.54 Å². The van der Waals surface area contributed by atoms with Crippen molar-refractivity contribution in [2.75, 3.05) is 19.3 Å². The number of rotatable bonds is 7. The molecule has 1 heterocycles. The number of sulfone groups is 1. The lowest BCUT2D eigenvalue weighted by molar-refractivity contribution is -0.901. The van der Waals surface area contributed by atoms with Crippen molar-refractivity contribution in [1.82, 2.24) is 5.32 Å². The topological polar surface area (TPSA) is 67.7 Å². The van der Waals surface area contributed by atoms with E-state index in [4.69, 9.17) is 0 Å². The second-order valence-electron chi connectivity index (χ2n) is 7.35. The van der Waals surface area contributed by atoms with Gasteiger partial charge in [0.2, 0.25) is 0 Å². The first kappa shape index (κ1) is 19.6. The van der Waals surface area contributed by atoms with Crippen LogP contribution in [0.1, 0.15) is 39.9 Å². The van der Waals surface area contributed by atoms with Gasteiger partial charge in [-0.2, -0.15) is 0 Å². The van der Waals surface area contributed by atoms with Crippen LogP contribution >= 0.6 is 0 Å². The van der Waals surface area contributed by atoms with Gasteiger partial charge in [0.25, 0.3) is 5.91 Å². The van der Waals surface area contributed by atoms with E-state index in [0.29, 0.717) is 17.7 Å². The molecule has 0 aromatic heterocycles. The van der Waals surface area contributed by atoms with Crippen LogP contribution in [0.15, 0.2) is 48.5 Å². The number of carbonyl (C=O) groups excluding carboxylic acids is 1. The summed E-state index contributed by atoms with van der Waals surface area (Å²) in [5.74, 6) is -0.162. The lowest BCUT2D eigenvalue weighted by atomic mass is 10.1.